The smallest absolute Gasteiger partial charge is 0.276 e. The Morgan fingerprint density at radius 1 is 1.42 bits per heavy atom. The van der Waals surface area contributed by atoms with E-state index in [0.29, 0.717) is 37.3 Å². The number of rotatable bonds is 2. The van der Waals surface area contributed by atoms with Crippen molar-refractivity contribution in [1.29, 1.82) is 0 Å². The fraction of sp³-hybridized carbons (Fsp3) is 0.583. The molecule has 0 aliphatic carbocycles. The van der Waals surface area contributed by atoms with Crippen LogP contribution in [-0.4, -0.2) is 46.6 Å². The van der Waals surface area contributed by atoms with Crippen LogP contribution in [-0.2, 0) is 11.8 Å². The van der Waals surface area contributed by atoms with Crippen molar-refractivity contribution in [2.75, 3.05) is 25.9 Å². The van der Waals surface area contributed by atoms with Crippen LogP contribution >= 0.6 is 0 Å². The van der Waals surface area contributed by atoms with Gasteiger partial charge < -0.3 is 16.0 Å². The van der Waals surface area contributed by atoms with Crippen LogP contribution in [0.4, 0.5) is 5.69 Å². The largest absolute Gasteiger partial charge is 0.396 e. The summed E-state index contributed by atoms with van der Waals surface area (Å²) in [5, 5.41) is 6.72. The molecule has 0 unspecified atom stereocenters. The van der Waals surface area contributed by atoms with E-state index in [2.05, 4.69) is 10.4 Å². The SMILES string of the molecule is CNC(=O)C1CCN(C(=O)c2nn(C)cc2N)CC1. The number of amides is 2. The van der Waals surface area contributed by atoms with E-state index in [1.807, 2.05) is 0 Å². The van der Waals surface area contributed by atoms with Crippen LogP contribution in [0.25, 0.3) is 0 Å². The summed E-state index contributed by atoms with van der Waals surface area (Å²) in [5.74, 6) is -0.118. The normalized spacial score (nSPS) is 16.4. The first-order valence-electron chi connectivity index (χ1n) is 6.33. The number of carbonyl (C=O) groups excluding carboxylic acids is 2. The number of nitrogens with two attached hydrogens (primary N) is 1. The maximum atomic E-state index is 12.2. The maximum absolute atomic E-state index is 12.2. The van der Waals surface area contributed by atoms with E-state index in [1.165, 1.54) is 4.68 Å². The standard InChI is InChI=1S/C12H19N5O2/c1-14-11(18)8-3-5-17(6-4-8)12(19)10-9(13)7-16(2)15-10/h7-8H,3-6,13H2,1-2H3,(H,14,18). The molecular formula is C12H19N5O2. The van der Waals surface area contributed by atoms with Gasteiger partial charge in [0, 0.05) is 39.3 Å². The van der Waals surface area contributed by atoms with E-state index in [0.717, 1.165) is 0 Å². The second kappa shape index (κ2) is 5.29. The number of piperidine rings is 1. The Labute approximate surface area is 111 Å². The van der Waals surface area contributed by atoms with E-state index < -0.39 is 0 Å². The first kappa shape index (κ1) is 13.4. The number of nitrogens with zero attached hydrogens (tertiary/aromatic N) is 3. The summed E-state index contributed by atoms with van der Waals surface area (Å²) >= 11 is 0. The second-order valence-corrected chi connectivity index (χ2v) is 4.79. The highest BCUT2D eigenvalue weighted by atomic mass is 16.2. The molecule has 0 bridgehead atoms. The average Bonchev–Trinajstić information content (AvgIpc) is 2.76. The Balaban J connectivity index is 2.00. The van der Waals surface area contributed by atoms with Crippen LogP contribution in [0.3, 0.4) is 0 Å². The predicted octanol–water partition coefficient (Wildman–Crippen LogP) is -0.399. The lowest BCUT2D eigenvalue weighted by molar-refractivity contribution is -0.125. The van der Waals surface area contributed by atoms with Gasteiger partial charge >= 0.3 is 0 Å². The number of likely N-dealkylation sites (tertiary alicyclic amines) is 1. The lowest BCUT2D eigenvalue weighted by Crippen LogP contribution is -2.42. The highest BCUT2D eigenvalue weighted by Crippen LogP contribution is 2.20. The lowest BCUT2D eigenvalue weighted by atomic mass is 9.96. The first-order valence-corrected chi connectivity index (χ1v) is 6.33. The third kappa shape index (κ3) is 2.69. The molecule has 7 nitrogen and oxygen atoms in total. The van der Waals surface area contributed by atoms with Crippen LogP contribution in [0.15, 0.2) is 6.20 Å². The van der Waals surface area contributed by atoms with Gasteiger partial charge in [-0.25, -0.2) is 0 Å². The summed E-state index contributed by atoms with van der Waals surface area (Å²) in [6.45, 7) is 1.12. The number of hydrogen-bond donors (Lipinski definition) is 2. The highest BCUT2D eigenvalue weighted by molar-refractivity contribution is 5.97. The molecule has 1 aliphatic heterocycles. The number of aromatic nitrogens is 2. The highest BCUT2D eigenvalue weighted by Gasteiger charge is 2.29. The van der Waals surface area contributed by atoms with E-state index in [1.54, 1.807) is 25.2 Å². The molecule has 0 saturated carbocycles. The average molecular weight is 265 g/mol. The van der Waals surface area contributed by atoms with E-state index >= 15 is 0 Å². The number of hydrogen-bond acceptors (Lipinski definition) is 4. The van der Waals surface area contributed by atoms with Crippen LogP contribution in [0.1, 0.15) is 23.3 Å². The van der Waals surface area contributed by atoms with Gasteiger partial charge in [0.15, 0.2) is 5.69 Å². The minimum atomic E-state index is -0.159. The minimum Gasteiger partial charge on any atom is -0.396 e. The quantitative estimate of drug-likeness (QED) is 0.761. The molecule has 2 heterocycles. The molecule has 1 aromatic heterocycles. The van der Waals surface area contributed by atoms with E-state index in [4.69, 9.17) is 5.73 Å². The first-order chi connectivity index (χ1) is 9.02. The van der Waals surface area contributed by atoms with Gasteiger partial charge in [-0.1, -0.05) is 0 Å². The molecule has 2 rings (SSSR count). The van der Waals surface area contributed by atoms with Gasteiger partial charge in [-0.05, 0) is 12.8 Å². The zero-order valence-electron chi connectivity index (χ0n) is 11.2. The molecule has 0 atom stereocenters. The van der Waals surface area contributed by atoms with Crippen molar-refractivity contribution in [3.05, 3.63) is 11.9 Å². The van der Waals surface area contributed by atoms with Crippen LogP contribution in [0.5, 0.6) is 0 Å². The molecule has 0 spiro atoms. The van der Waals surface area contributed by atoms with Crippen molar-refractivity contribution >= 4 is 17.5 Å². The second-order valence-electron chi connectivity index (χ2n) is 4.79. The molecule has 1 aromatic rings. The third-order valence-corrected chi connectivity index (χ3v) is 3.46. The molecule has 7 heteroatoms. The summed E-state index contributed by atoms with van der Waals surface area (Å²) in [7, 11) is 3.36. The molecule has 0 radical (unpaired) electrons. The molecule has 1 saturated heterocycles. The monoisotopic (exact) mass is 265 g/mol. The van der Waals surface area contributed by atoms with Crippen molar-refractivity contribution in [1.82, 2.24) is 20.0 Å². The lowest BCUT2D eigenvalue weighted by Gasteiger charge is -2.30. The van der Waals surface area contributed by atoms with Gasteiger partial charge in [0.1, 0.15) is 0 Å². The molecule has 104 valence electrons. The molecule has 0 aromatic carbocycles. The number of aryl methyl sites for hydroxylation is 1. The van der Waals surface area contributed by atoms with Gasteiger partial charge in [-0.15, -0.1) is 0 Å². The van der Waals surface area contributed by atoms with Crippen molar-refractivity contribution in [3.63, 3.8) is 0 Å². The van der Waals surface area contributed by atoms with Gasteiger partial charge in [0.25, 0.3) is 5.91 Å². The number of nitrogen functional groups attached to an aromatic ring is 1. The van der Waals surface area contributed by atoms with Crippen molar-refractivity contribution < 1.29 is 9.59 Å². The molecule has 2 amide bonds. The Kier molecular flexibility index (Phi) is 3.73. The van der Waals surface area contributed by atoms with Gasteiger partial charge in [-0.2, -0.15) is 5.10 Å². The zero-order chi connectivity index (χ0) is 14.0. The number of anilines is 1. The molecule has 19 heavy (non-hydrogen) atoms. The van der Waals surface area contributed by atoms with E-state index in [-0.39, 0.29) is 17.7 Å². The molecule has 1 fully saturated rings. The van der Waals surface area contributed by atoms with Gasteiger partial charge in [0.2, 0.25) is 5.91 Å². The topological polar surface area (TPSA) is 93.2 Å². The van der Waals surface area contributed by atoms with Crippen LogP contribution < -0.4 is 11.1 Å². The summed E-state index contributed by atoms with van der Waals surface area (Å²) in [5.41, 5.74) is 6.43. The van der Waals surface area contributed by atoms with Gasteiger partial charge in [0.05, 0.1) is 5.69 Å². The fourth-order valence-electron chi connectivity index (χ4n) is 2.37. The van der Waals surface area contributed by atoms with Crippen molar-refractivity contribution in [2.24, 2.45) is 13.0 Å². The molecule has 3 N–H and O–H groups in total. The Morgan fingerprint density at radius 3 is 2.53 bits per heavy atom. The summed E-state index contributed by atoms with van der Waals surface area (Å²) < 4.78 is 1.53. The predicted molar refractivity (Wildman–Crippen MR) is 70.3 cm³/mol. The summed E-state index contributed by atoms with van der Waals surface area (Å²) in [6.07, 6.45) is 2.97. The molecular weight excluding hydrogens is 246 g/mol. The summed E-state index contributed by atoms with van der Waals surface area (Å²) in [4.78, 5) is 25.5. The zero-order valence-corrected chi connectivity index (χ0v) is 11.2. The van der Waals surface area contributed by atoms with E-state index in [9.17, 15) is 9.59 Å². The minimum absolute atomic E-state index is 0.00451. The summed E-state index contributed by atoms with van der Waals surface area (Å²) in [6, 6.07) is 0. The maximum Gasteiger partial charge on any atom is 0.276 e. The van der Waals surface area contributed by atoms with Crippen LogP contribution in [0.2, 0.25) is 0 Å². The number of carbonyl (C=O) groups is 2. The third-order valence-electron chi connectivity index (χ3n) is 3.46. The van der Waals surface area contributed by atoms with Gasteiger partial charge in [-0.3, -0.25) is 14.3 Å². The molecule has 1 aliphatic rings. The number of nitrogens with one attached hydrogen (secondary N) is 1. The Hall–Kier alpha value is -2.05. The Morgan fingerprint density at radius 2 is 2.05 bits per heavy atom. The van der Waals surface area contributed by atoms with Crippen molar-refractivity contribution in [3.8, 4) is 0 Å². The fourth-order valence-corrected chi connectivity index (χ4v) is 2.37. The van der Waals surface area contributed by atoms with Crippen molar-refractivity contribution in [2.45, 2.75) is 12.8 Å². The Bertz CT molecular complexity index is 488. The van der Waals surface area contributed by atoms with Crippen LogP contribution in [0, 0.1) is 5.92 Å².